The van der Waals surface area contributed by atoms with Crippen LogP contribution in [0.3, 0.4) is 0 Å². The van der Waals surface area contributed by atoms with E-state index in [1.54, 1.807) is 6.21 Å². The predicted molar refractivity (Wildman–Crippen MR) is 110 cm³/mol. The number of rotatable bonds is 4. The number of fused-ring (bicyclic) bond motifs is 3. The van der Waals surface area contributed by atoms with Gasteiger partial charge in [-0.15, -0.1) is 10.2 Å². The van der Waals surface area contributed by atoms with Gasteiger partial charge in [-0.05, 0) is 42.5 Å². The van der Waals surface area contributed by atoms with Crippen molar-refractivity contribution in [3.05, 3.63) is 71.4 Å². The van der Waals surface area contributed by atoms with Crippen LogP contribution in [0.4, 0.5) is 5.95 Å². The van der Waals surface area contributed by atoms with Gasteiger partial charge in [-0.25, -0.2) is 5.43 Å². The molecule has 0 atom stereocenters. The van der Waals surface area contributed by atoms with Crippen LogP contribution in [0.1, 0.15) is 5.76 Å². The Kier molecular flexibility index (Phi) is 3.99. The number of hydrazone groups is 1. The Balaban J connectivity index is 1.34. The first kappa shape index (κ1) is 16.5. The Morgan fingerprint density at radius 3 is 2.75 bits per heavy atom. The van der Waals surface area contributed by atoms with Crippen LogP contribution < -0.4 is 5.43 Å². The fraction of sp³-hybridized carbons (Fsp3) is 0. The average molecular weight is 389 g/mol. The second-order valence-electron chi connectivity index (χ2n) is 6.08. The van der Waals surface area contributed by atoms with E-state index in [0.717, 1.165) is 27.7 Å². The first-order valence-electron chi connectivity index (χ1n) is 8.52. The molecule has 0 aliphatic heterocycles. The van der Waals surface area contributed by atoms with Gasteiger partial charge in [0.15, 0.2) is 5.65 Å². The van der Waals surface area contributed by atoms with Gasteiger partial charge in [0.05, 0.1) is 6.21 Å². The molecular formula is C20H13ClN6O. The zero-order valence-electron chi connectivity index (χ0n) is 14.4. The molecule has 5 aromatic rings. The summed E-state index contributed by atoms with van der Waals surface area (Å²) in [6.07, 6.45) is 1.55. The van der Waals surface area contributed by atoms with Gasteiger partial charge in [0.1, 0.15) is 17.0 Å². The van der Waals surface area contributed by atoms with Crippen LogP contribution in [0.15, 0.2) is 70.2 Å². The van der Waals surface area contributed by atoms with E-state index >= 15 is 0 Å². The van der Waals surface area contributed by atoms with Crippen molar-refractivity contribution < 1.29 is 4.42 Å². The van der Waals surface area contributed by atoms with Crippen molar-refractivity contribution in [2.24, 2.45) is 5.10 Å². The molecule has 0 radical (unpaired) electrons. The lowest BCUT2D eigenvalue weighted by Gasteiger charge is -1.97. The summed E-state index contributed by atoms with van der Waals surface area (Å²) in [5.74, 6) is 1.62. The molecule has 7 nitrogen and oxygen atoms in total. The first-order valence-corrected chi connectivity index (χ1v) is 8.90. The lowest BCUT2D eigenvalue weighted by atomic mass is 10.2. The van der Waals surface area contributed by atoms with Crippen molar-refractivity contribution in [1.82, 2.24) is 20.2 Å². The number of H-pyrrole nitrogens is 1. The summed E-state index contributed by atoms with van der Waals surface area (Å²) in [5.41, 5.74) is 6.05. The maximum absolute atomic E-state index is 5.91. The molecule has 28 heavy (non-hydrogen) atoms. The maximum Gasteiger partial charge on any atom is 0.265 e. The minimum Gasteiger partial charge on any atom is -0.455 e. The fourth-order valence-corrected chi connectivity index (χ4v) is 3.04. The molecule has 3 aromatic heterocycles. The molecule has 2 aromatic carbocycles. The van der Waals surface area contributed by atoms with Gasteiger partial charge >= 0.3 is 0 Å². The molecule has 136 valence electrons. The van der Waals surface area contributed by atoms with Crippen LogP contribution in [0.5, 0.6) is 0 Å². The molecule has 8 heteroatoms. The second kappa shape index (κ2) is 6.79. The van der Waals surface area contributed by atoms with Crippen molar-refractivity contribution in [2.45, 2.75) is 0 Å². The van der Waals surface area contributed by atoms with Gasteiger partial charge in [0.2, 0.25) is 0 Å². The highest BCUT2D eigenvalue weighted by Gasteiger charge is 2.08. The largest absolute Gasteiger partial charge is 0.455 e. The van der Waals surface area contributed by atoms with Crippen LogP contribution in [0, 0.1) is 0 Å². The molecule has 0 bridgehead atoms. The maximum atomic E-state index is 5.91. The van der Waals surface area contributed by atoms with E-state index in [-0.39, 0.29) is 0 Å². The summed E-state index contributed by atoms with van der Waals surface area (Å²) < 4.78 is 5.76. The van der Waals surface area contributed by atoms with Crippen LogP contribution in [0.2, 0.25) is 5.02 Å². The monoisotopic (exact) mass is 388 g/mol. The molecule has 0 saturated heterocycles. The van der Waals surface area contributed by atoms with Crippen molar-refractivity contribution in [3.8, 4) is 11.3 Å². The minimum atomic E-state index is 0.291. The van der Waals surface area contributed by atoms with Crippen molar-refractivity contribution in [2.75, 3.05) is 5.43 Å². The summed E-state index contributed by atoms with van der Waals surface area (Å²) in [6, 6.07) is 19.0. The molecule has 0 aliphatic carbocycles. The SMILES string of the molecule is Clc1ccc(-c2ccc(/C=N\Nc3nnc4c(n3)[nH]c3ccccc34)o2)cc1. The molecule has 0 unspecified atom stereocenters. The van der Waals surface area contributed by atoms with Gasteiger partial charge in [0, 0.05) is 21.5 Å². The zero-order chi connectivity index (χ0) is 18.9. The van der Waals surface area contributed by atoms with E-state index in [4.69, 9.17) is 16.0 Å². The quantitative estimate of drug-likeness (QED) is 0.338. The Morgan fingerprint density at radius 1 is 1.00 bits per heavy atom. The Morgan fingerprint density at radius 2 is 1.86 bits per heavy atom. The highest BCUT2D eigenvalue weighted by atomic mass is 35.5. The number of halogens is 1. The fourth-order valence-electron chi connectivity index (χ4n) is 2.91. The number of para-hydroxylation sites is 1. The van der Waals surface area contributed by atoms with Crippen LogP contribution in [0.25, 0.3) is 33.4 Å². The topological polar surface area (TPSA) is 92.0 Å². The van der Waals surface area contributed by atoms with Gasteiger partial charge in [-0.2, -0.15) is 10.1 Å². The van der Waals surface area contributed by atoms with Crippen molar-refractivity contribution >= 4 is 45.8 Å². The predicted octanol–water partition coefficient (Wildman–Crippen LogP) is 4.87. The number of nitrogens with one attached hydrogen (secondary N) is 2. The first-order chi connectivity index (χ1) is 13.8. The van der Waals surface area contributed by atoms with E-state index in [0.29, 0.717) is 22.4 Å². The highest BCUT2D eigenvalue weighted by Crippen LogP contribution is 2.24. The van der Waals surface area contributed by atoms with Crippen molar-refractivity contribution in [1.29, 1.82) is 0 Å². The zero-order valence-corrected chi connectivity index (χ0v) is 15.2. The number of aromatic nitrogens is 4. The molecule has 0 spiro atoms. The molecule has 2 N–H and O–H groups in total. The lowest BCUT2D eigenvalue weighted by molar-refractivity contribution is 0.575. The standard InChI is InChI=1S/C20H13ClN6O/c21-13-7-5-12(6-8-13)17-10-9-14(28-17)11-22-26-20-24-19-18(25-27-20)15-3-1-2-4-16(15)23-19/h1-11H,(H2,23,24,26,27)/b22-11-. The molecular weight excluding hydrogens is 376 g/mol. The smallest absolute Gasteiger partial charge is 0.265 e. The third kappa shape index (κ3) is 3.08. The number of benzene rings is 2. The molecule has 0 saturated carbocycles. The second-order valence-corrected chi connectivity index (χ2v) is 6.52. The van der Waals surface area contributed by atoms with E-state index in [1.807, 2.05) is 60.7 Å². The van der Waals surface area contributed by atoms with Crippen LogP contribution in [-0.4, -0.2) is 26.4 Å². The number of furan rings is 1. The van der Waals surface area contributed by atoms with Gasteiger partial charge in [-0.3, -0.25) is 0 Å². The lowest BCUT2D eigenvalue weighted by Crippen LogP contribution is -1.98. The van der Waals surface area contributed by atoms with Gasteiger partial charge in [0.25, 0.3) is 5.95 Å². The van der Waals surface area contributed by atoms with E-state index in [9.17, 15) is 0 Å². The average Bonchev–Trinajstić information content (AvgIpc) is 3.33. The van der Waals surface area contributed by atoms with E-state index in [2.05, 4.69) is 30.7 Å². The van der Waals surface area contributed by atoms with E-state index < -0.39 is 0 Å². The Hall–Kier alpha value is -3.71. The summed E-state index contributed by atoms with van der Waals surface area (Å²) in [5, 5.41) is 14.1. The normalized spacial score (nSPS) is 11.6. The summed E-state index contributed by atoms with van der Waals surface area (Å²) in [7, 11) is 0. The summed E-state index contributed by atoms with van der Waals surface area (Å²) >= 11 is 5.91. The van der Waals surface area contributed by atoms with Crippen LogP contribution in [-0.2, 0) is 0 Å². The third-order valence-corrected chi connectivity index (χ3v) is 4.49. The number of hydrogen-bond acceptors (Lipinski definition) is 6. The highest BCUT2D eigenvalue weighted by molar-refractivity contribution is 6.30. The molecule has 0 fully saturated rings. The Bertz CT molecular complexity index is 1310. The number of hydrogen-bond donors (Lipinski definition) is 2. The van der Waals surface area contributed by atoms with Gasteiger partial charge in [-0.1, -0.05) is 29.8 Å². The Labute approximate surface area is 164 Å². The molecule has 0 aliphatic rings. The molecule has 5 rings (SSSR count). The summed E-state index contributed by atoms with van der Waals surface area (Å²) in [4.78, 5) is 7.63. The summed E-state index contributed by atoms with van der Waals surface area (Å²) in [6.45, 7) is 0. The number of nitrogens with zero attached hydrogens (tertiary/aromatic N) is 4. The number of aromatic amines is 1. The van der Waals surface area contributed by atoms with Crippen LogP contribution >= 0.6 is 11.6 Å². The molecule has 0 amide bonds. The van der Waals surface area contributed by atoms with Gasteiger partial charge < -0.3 is 9.40 Å². The van der Waals surface area contributed by atoms with E-state index in [1.165, 1.54) is 0 Å². The number of anilines is 1. The third-order valence-electron chi connectivity index (χ3n) is 4.23. The van der Waals surface area contributed by atoms with Crippen molar-refractivity contribution in [3.63, 3.8) is 0 Å². The molecule has 3 heterocycles. The minimum absolute atomic E-state index is 0.291.